The molecule has 2 heteroatoms. The second-order valence-corrected chi connectivity index (χ2v) is 4.42. The van der Waals surface area contributed by atoms with E-state index in [-0.39, 0.29) is 0 Å². The van der Waals surface area contributed by atoms with Crippen LogP contribution in [0.15, 0.2) is 0 Å². The van der Waals surface area contributed by atoms with Gasteiger partial charge in [0.2, 0.25) is 0 Å². The molecule has 13 heavy (non-hydrogen) atoms. The largest absolute Gasteiger partial charge is 0.327 e. The Morgan fingerprint density at radius 2 is 1.92 bits per heavy atom. The molecule has 0 aliphatic heterocycles. The number of hydrogen-bond donors (Lipinski definition) is 1. The maximum atomic E-state index is 6.16. The lowest BCUT2D eigenvalue weighted by Crippen LogP contribution is -2.37. The predicted molar refractivity (Wildman–Crippen MR) is 57.7 cm³/mol. The highest BCUT2D eigenvalue weighted by Gasteiger charge is 2.20. The molecule has 1 rings (SSSR count). The highest BCUT2D eigenvalue weighted by molar-refractivity contribution is 4.78. The molecule has 0 bridgehead atoms. The highest BCUT2D eigenvalue weighted by Crippen LogP contribution is 2.22. The fourth-order valence-electron chi connectivity index (χ4n) is 2.17. The van der Waals surface area contributed by atoms with Crippen LogP contribution in [0.5, 0.6) is 0 Å². The third-order valence-electron chi connectivity index (χ3n) is 3.30. The van der Waals surface area contributed by atoms with Gasteiger partial charge in [-0.3, -0.25) is 0 Å². The maximum Gasteiger partial charge on any atom is 0.00793 e. The molecule has 1 aliphatic carbocycles. The van der Waals surface area contributed by atoms with Gasteiger partial charge in [-0.05, 0) is 32.4 Å². The topological polar surface area (TPSA) is 29.3 Å². The van der Waals surface area contributed by atoms with Crippen molar-refractivity contribution >= 4 is 0 Å². The molecular formula is C11H24N2. The molecule has 2 N–H and O–H groups in total. The van der Waals surface area contributed by atoms with Crippen LogP contribution < -0.4 is 5.73 Å². The number of nitrogens with zero attached hydrogens (tertiary/aromatic N) is 1. The van der Waals surface area contributed by atoms with Crippen molar-refractivity contribution < 1.29 is 0 Å². The first-order valence-electron chi connectivity index (χ1n) is 5.68. The monoisotopic (exact) mass is 184 g/mol. The third kappa shape index (κ3) is 3.65. The minimum absolute atomic E-state index is 0.455. The number of hydrogen-bond acceptors (Lipinski definition) is 2. The molecule has 0 radical (unpaired) electrons. The molecule has 1 aliphatic rings. The zero-order valence-electron chi connectivity index (χ0n) is 9.13. The highest BCUT2D eigenvalue weighted by atomic mass is 15.1. The summed E-state index contributed by atoms with van der Waals surface area (Å²) in [5.41, 5.74) is 6.16. The Bertz CT molecular complexity index is 136. The first-order chi connectivity index (χ1) is 6.24. The van der Waals surface area contributed by atoms with Gasteiger partial charge < -0.3 is 10.6 Å². The Hall–Kier alpha value is -0.0800. The van der Waals surface area contributed by atoms with E-state index in [0.717, 1.165) is 12.5 Å². The van der Waals surface area contributed by atoms with Crippen LogP contribution in [-0.2, 0) is 0 Å². The molecule has 0 aromatic carbocycles. The van der Waals surface area contributed by atoms with E-state index in [2.05, 4.69) is 18.9 Å². The molecule has 2 atom stereocenters. The van der Waals surface area contributed by atoms with Gasteiger partial charge in [-0.25, -0.2) is 0 Å². The normalized spacial score (nSPS) is 30.5. The van der Waals surface area contributed by atoms with E-state index in [1.54, 1.807) is 0 Å². The molecule has 0 amide bonds. The predicted octanol–water partition coefficient (Wildman–Crippen LogP) is 1.85. The van der Waals surface area contributed by atoms with Crippen LogP contribution in [0.4, 0.5) is 0 Å². The molecule has 1 fully saturated rings. The summed E-state index contributed by atoms with van der Waals surface area (Å²) >= 11 is 0. The van der Waals surface area contributed by atoms with Gasteiger partial charge in [0.15, 0.2) is 0 Å². The molecule has 0 saturated heterocycles. The first-order valence-corrected chi connectivity index (χ1v) is 5.68. The maximum absolute atomic E-state index is 6.16. The van der Waals surface area contributed by atoms with Crippen LogP contribution >= 0.6 is 0 Å². The van der Waals surface area contributed by atoms with E-state index < -0.39 is 0 Å². The van der Waals surface area contributed by atoms with Gasteiger partial charge in [0, 0.05) is 12.6 Å². The Balaban J connectivity index is 2.35. The van der Waals surface area contributed by atoms with Crippen molar-refractivity contribution in [3.8, 4) is 0 Å². The van der Waals surface area contributed by atoms with Crippen molar-refractivity contribution in [2.24, 2.45) is 11.7 Å². The molecule has 0 aromatic rings. The average molecular weight is 184 g/mol. The van der Waals surface area contributed by atoms with Crippen molar-refractivity contribution in [2.45, 2.75) is 45.1 Å². The number of rotatable bonds is 3. The summed E-state index contributed by atoms with van der Waals surface area (Å²) in [6.45, 7) is 4.54. The van der Waals surface area contributed by atoms with Crippen LogP contribution in [0, 0.1) is 5.92 Å². The van der Waals surface area contributed by atoms with E-state index >= 15 is 0 Å². The Labute approximate surface area is 82.5 Å². The SMILES string of the molecule is CCN(C)CC1CCCCCC1N. The Kier molecular flexibility index (Phi) is 4.74. The quantitative estimate of drug-likeness (QED) is 0.678. The minimum Gasteiger partial charge on any atom is -0.327 e. The molecule has 0 aromatic heterocycles. The molecule has 2 unspecified atom stereocenters. The van der Waals surface area contributed by atoms with Crippen molar-refractivity contribution in [2.75, 3.05) is 20.1 Å². The summed E-state index contributed by atoms with van der Waals surface area (Å²) in [6.07, 6.45) is 6.69. The van der Waals surface area contributed by atoms with Gasteiger partial charge >= 0.3 is 0 Å². The van der Waals surface area contributed by atoms with Crippen molar-refractivity contribution in [1.29, 1.82) is 0 Å². The Morgan fingerprint density at radius 3 is 2.62 bits per heavy atom. The van der Waals surface area contributed by atoms with E-state index in [0.29, 0.717) is 6.04 Å². The number of nitrogens with two attached hydrogens (primary N) is 1. The second kappa shape index (κ2) is 5.61. The molecule has 0 spiro atoms. The van der Waals surface area contributed by atoms with Crippen LogP contribution in [0.3, 0.4) is 0 Å². The summed E-state index contributed by atoms with van der Waals surface area (Å²) in [5.74, 6) is 0.743. The average Bonchev–Trinajstić information content (AvgIpc) is 2.32. The van der Waals surface area contributed by atoms with E-state index in [1.165, 1.54) is 38.6 Å². The lowest BCUT2D eigenvalue weighted by molar-refractivity contribution is 0.252. The third-order valence-corrected chi connectivity index (χ3v) is 3.30. The van der Waals surface area contributed by atoms with Gasteiger partial charge in [0.25, 0.3) is 0 Å². The molecule has 0 heterocycles. The summed E-state index contributed by atoms with van der Waals surface area (Å²) in [5, 5.41) is 0. The zero-order valence-corrected chi connectivity index (χ0v) is 9.13. The van der Waals surface area contributed by atoms with Gasteiger partial charge in [0.05, 0.1) is 0 Å². The summed E-state index contributed by atoms with van der Waals surface area (Å²) in [4.78, 5) is 2.38. The van der Waals surface area contributed by atoms with Crippen LogP contribution in [0.25, 0.3) is 0 Å². The standard InChI is InChI=1S/C11H24N2/c1-3-13(2)9-10-7-5-4-6-8-11(10)12/h10-11H,3-9,12H2,1-2H3. The molecule has 1 saturated carbocycles. The van der Waals surface area contributed by atoms with Gasteiger partial charge in [-0.1, -0.05) is 26.2 Å². The summed E-state index contributed by atoms with van der Waals surface area (Å²) in [6, 6.07) is 0.455. The second-order valence-electron chi connectivity index (χ2n) is 4.42. The van der Waals surface area contributed by atoms with Crippen LogP contribution in [0.2, 0.25) is 0 Å². The molecule has 78 valence electrons. The Morgan fingerprint density at radius 1 is 1.23 bits per heavy atom. The summed E-state index contributed by atoms with van der Waals surface area (Å²) in [7, 11) is 2.19. The van der Waals surface area contributed by atoms with Gasteiger partial charge in [-0.15, -0.1) is 0 Å². The van der Waals surface area contributed by atoms with E-state index in [1.807, 2.05) is 0 Å². The van der Waals surface area contributed by atoms with Crippen molar-refractivity contribution in [3.63, 3.8) is 0 Å². The smallest absolute Gasteiger partial charge is 0.00793 e. The fourth-order valence-corrected chi connectivity index (χ4v) is 2.17. The lowest BCUT2D eigenvalue weighted by Gasteiger charge is -2.26. The summed E-state index contributed by atoms with van der Waals surface area (Å²) < 4.78 is 0. The van der Waals surface area contributed by atoms with Crippen LogP contribution in [0.1, 0.15) is 39.0 Å². The van der Waals surface area contributed by atoms with Crippen LogP contribution in [-0.4, -0.2) is 31.1 Å². The van der Waals surface area contributed by atoms with Crippen molar-refractivity contribution in [1.82, 2.24) is 4.90 Å². The van der Waals surface area contributed by atoms with E-state index in [9.17, 15) is 0 Å². The lowest BCUT2D eigenvalue weighted by atomic mass is 9.95. The molecule has 2 nitrogen and oxygen atoms in total. The minimum atomic E-state index is 0.455. The zero-order chi connectivity index (χ0) is 9.68. The van der Waals surface area contributed by atoms with E-state index in [4.69, 9.17) is 5.73 Å². The first kappa shape index (κ1) is 11.0. The fraction of sp³-hybridized carbons (Fsp3) is 1.00. The van der Waals surface area contributed by atoms with Crippen molar-refractivity contribution in [3.05, 3.63) is 0 Å². The van der Waals surface area contributed by atoms with Gasteiger partial charge in [-0.2, -0.15) is 0 Å². The molecular weight excluding hydrogens is 160 g/mol. The van der Waals surface area contributed by atoms with Gasteiger partial charge in [0.1, 0.15) is 0 Å².